The highest BCUT2D eigenvalue weighted by atomic mass is 32.2. The molecule has 118 valence electrons. The van der Waals surface area contributed by atoms with E-state index in [1.165, 1.54) is 0 Å². The van der Waals surface area contributed by atoms with Gasteiger partial charge in [-0.15, -0.1) is 0 Å². The van der Waals surface area contributed by atoms with Gasteiger partial charge in [-0.3, -0.25) is 9.52 Å². The molecule has 0 aliphatic heterocycles. The van der Waals surface area contributed by atoms with Crippen LogP contribution in [0.2, 0.25) is 0 Å². The number of nitrogens with zero attached hydrogens (tertiary/aromatic N) is 1. The molecule has 0 bridgehead atoms. The minimum atomic E-state index is -3.33. The molecule has 1 aromatic heterocycles. The van der Waals surface area contributed by atoms with Gasteiger partial charge in [-0.1, -0.05) is 12.1 Å². The summed E-state index contributed by atoms with van der Waals surface area (Å²) in [6.07, 6.45) is 2.92. The molecule has 0 amide bonds. The Morgan fingerprint density at radius 3 is 2.36 bits per heavy atom. The second kappa shape index (κ2) is 5.96. The van der Waals surface area contributed by atoms with Crippen molar-refractivity contribution in [2.24, 2.45) is 0 Å². The number of benzene rings is 1. The van der Waals surface area contributed by atoms with Crippen LogP contribution in [0.1, 0.15) is 18.1 Å². The molecule has 0 radical (unpaired) electrons. The largest absolute Gasteiger partial charge is 0.315 e. The van der Waals surface area contributed by atoms with Crippen LogP contribution < -0.4 is 10.3 Å². The molecule has 1 heterocycles. The molecule has 22 heavy (non-hydrogen) atoms. The summed E-state index contributed by atoms with van der Waals surface area (Å²) in [5, 5.41) is 0. The van der Waals surface area contributed by atoms with Gasteiger partial charge in [0.1, 0.15) is 0 Å². The van der Waals surface area contributed by atoms with Crippen LogP contribution in [0, 0.1) is 13.8 Å². The van der Waals surface area contributed by atoms with Crippen molar-refractivity contribution in [1.29, 1.82) is 0 Å². The molecule has 0 saturated carbocycles. The first-order valence-electron chi connectivity index (χ1n) is 7.01. The quantitative estimate of drug-likeness (QED) is 0.941. The van der Waals surface area contributed by atoms with Crippen molar-refractivity contribution < 1.29 is 8.42 Å². The average molecular weight is 320 g/mol. The lowest BCUT2D eigenvalue weighted by Gasteiger charge is -2.12. The number of sulfonamides is 1. The molecule has 1 aromatic carbocycles. The molecule has 0 aliphatic carbocycles. The van der Waals surface area contributed by atoms with Gasteiger partial charge in [0.05, 0.1) is 11.9 Å². The Bertz CT molecular complexity index is 867. The fraction of sp³-hybridized carbons (Fsp3) is 0.312. The summed E-state index contributed by atoms with van der Waals surface area (Å²) in [6.45, 7) is 6.13. The van der Waals surface area contributed by atoms with E-state index in [0.717, 1.165) is 22.9 Å². The van der Waals surface area contributed by atoms with Gasteiger partial charge >= 0.3 is 0 Å². The SMILES string of the molecule is CCn1cc(-c2ccc(C)c(NS(C)(=O)=O)c2)cc(C)c1=O. The van der Waals surface area contributed by atoms with E-state index in [-0.39, 0.29) is 5.56 Å². The Kier molecular flexibility index (Phi) is 4.42. The van der Waals surface area contributed by atoms with Gasteiger partial charge in [-0.2, -0.15) is 0 Å². The molecule has 5 nitrogen and oxygen atoms in total. The Morgan fingerprint density at radius 2 is 1.77 bits per heavy atom. The van der Waals surface area contributed by atoms with Crippen molar-refractivity contribution in [2.75, 3.05) is 11.0 Å². The van der Waals surface area contributed by atoms with Crippen LogP contribution in [0.15, 0.2) is 35.3 Å². The fourth-order valence-corrected chi connectivity index (χ4v) is 2.91. The molecular formula is C16H20N2O3S. The Labute approximate surface area is 130 Å². The van der Waals surface area contributed by atoms with Crippen LogP contribution in [0.5, 0.6) is 0 Å². The van der Waals surface area contributed by atoms with Crippen LogP contribution in [0.3, 0.4) is 0 Å². The first-order chi connectivity index (χ1) is 10.2. The maximum atomic E-state index is 12.0. The lowest BCUT2D eigenvalue weighted by molar-refractivity contribution is 0.607. The molecule has 6 heteroatoms. The highest BCUT2D eigenvalue weighted by Gasteiger charge is 2.09. The van der Waals surface area contributed by atoms with E-state index < -0.39 is 10.0 Å². The summed E-state index contributed by atoms with van der Waals surface area (Å²) >= 11 is 0. The molecule has 2 aromatic rings. The zero-order valence-corrected chi connectivity index (χ0v) is 14.0. The van der Waals surface area contributed by atoms with Crippen LogP contribution in [-0.4, -0.2) is 19.2 Å². The Hall–Kier alpha value is -2.08. The summed E-state index contributed by atoms with van der Waals surface area (Å²) in [6, 6.07) is 7.39. The van der Waals surface area contributed by atoms with E-state index in [4.69, 9.17) is 0 Å². The third-order valence-electron chi connectivity index (χ3n) is 3.47. The summed E-state index contributed by atoms with van der Waals surface area (Å²) in [4.78, 5) is 12.0. The van der Waals surface area contributed by atoms with E-state index >= 15 is 0 Å². The molecule has 0 aliphatic rings. The van der Waals surface area contributed by atoms with Crippen LogP contribution in [0.25, 0.3) is 11.1 Å². The lowest BCUT2D eigenvalue weighted by atomic mass is 10.0. The molecule has 0 unspecified atom stereocenters. The summed E-state index contributed by atoms with van der Waals surface area (Å²) in [7, 11) is -3.33. The van der Waals surface area contributed by atoms with E-state index in [1.807, 2.05) is 32.0 Å². The summed E-state index contributed by atoms with van der Waals surface area (Å²) < 4.78 is 27.1. The third kappa shape index (κ3) is 3.57. The van der Waals surface area contributed by atoms with E-state index in [2.05, 4.69) is 4.72 Å². The Balaban J connectivity index is 2.57. The molecule has 0 spiro atoms. The van der Waals surface area contributed by atoms with Gasteiger partial charge in [0.25, 0.3) is 5.56 Å². The highest BCUT2D eigenvalue weighted by molar-refractivity contribution is 7.92. The van der Waals surface area contributed by atoms with Gasteiger partial charge in [-0.25, -0.2) is 8.42 Å². The van der Waals surface area contributed by atoms with Gasteiger partial charge in [0.2, 0.25) is 10.0 Å². The lowest BCUT2D eigenvalue weighted by Crippen LogP contribution is -2.20. The number of aryl methyl sites for hydroxylation is 3. The molecule has 0 atom stereocenters. The zero-order valence-electron chi connectivity index (χ0n) is 13.2. The minimum absolute atomic E-state index is 0.00662. The molecule has 0 saturated heterocycles. The second-order valence-electron chi connectivity index (χ2n) is 5.41. The highest BCUT2D eigenvalue weighted by Crippen LogP contribution is 2.26. The predicted octanol–water partition coefficient (Wildman–Crippen LogP) is 2.52. The summed E-state index contributed by atoms with van der Waals surface area (Å²) in [5.41, 5.74) is 3.80. The number of rotatable bonds is 4. The van der Waals surface area contributed by atoms with Gasteiger partial charge in [0.15, 0.2) is 0 Å². The number of aromatic nitrogens is 1. The van der Waals surface area contributed by atoms with E-state index in [9.17, 15) is 13.2 Å². The third-order valence-corrected chi connectivity index (χ3v) is 4.06. The maximum absolute atomic E-state index is 12.0. The van der Waals surface area contributed by atoms with Gasteiger partial charge < -0.3 is 4.57 Å². The maximum Gasteiger partial charge on any atom is 0.253 e. The van der Waals surface area contributed by atoms with Crippen LogP contribution >= 0.6 is 0 Å². The van der Waals surface area contributed by atoms with Crippen molar-refractivity contribution >= 4 is 15.7 Å². The summed E-state index contributed by atoms with van der Waals surface area (Å²) in [5.74, 6) is 0. The number of nitrogens with one attached hydrogen (secondary N) is 1. The van der Waals surface area contributed by atoms with Crippen molar-refractivity contribution in [3.8, 4) is 11.1 Å². The van der Waals surface area contributed by atoms with Crippen molar-refractivity contribution in [2.45, 2.75) is 27.3 Å². The first kappa shape index (κ1) is 16.3. The van der Waals surface area contributed by atoms with Crippen molar-refractivity contribution in [3.63, 3.8) is 0 Å². The van der Waals surface area contributed by atoms with Gasteiger partial charge in [0, 0.05) is 18.3 Å². The number of anilines is 1. The smallest absolute Gasteiger partial charge is 0.253 e. The number of hydrogen-bond donors (Lipinski definition) is 1. The average Bonchev–Trinajstić information content (AvgIpc) is 2.42. The van der Waals surface area contributed by atoms with E-state index in [0.29, 0.717) is 17.8 Å². The fourth-order valence-electron chi connectivity index (χ4n) is 2.29. The van der Waals surface area contributed by atoms with E-state index in [1.54, 1.807) is 23.8 Å². The Morgan fingerprint density at radius 1 is 1.09 bits per heavy atom. The second-order valence-corrected chi connectivity index (χ2v) is 7.16. The van der Waals surface area contributed by atoms with Crippen molar-refractivity contribution in [3.05, 3.63) is 51.9 Å². The molecule has 1 N–H and O–H groups in total. The minimum Gasteiger partial charge on any atom is -0.315 e. The predicted molar refractivity (Wildman–Crippen MR) is 89.8 cm³/mol. The standard InChI is InChI=1S/C16H20N2O3S/c1-5-18-10-14(8-12(3)16(18)19)13-7-6-11(2)15(9-13)17-22(4,20)21/h6-10,17H,5H2,1-4H3. The van der Waals surface area contributed by atoms with Crippen molar-refractivity contribution in [1.82, 2.24) is 4.57 Å². The normalized spacial score (nSPS) is 11.5. The van der Waals surface area contributed by atoms with Crippen LogP contribution in [-0.2, 0) is 16.6 Å². The molecule has 0 fully saturated rings. The number of hydrogen-bond acceptors (Lipinski definition) is 3. The number of pyridine rings is 1. The molecular weight excluding hydrogens is 300 g/mol. The topological polar surface area (TPSA) is 68.2 Å². The monoisotopic (exact) mass is 320 g/mol. The van der Waals surface area contributed by atoms with Gasteiger partial charge in [-0.05, 0) is 49.6 Å². The molecule has 2 rings (SSSR count). The van der Waals surface area contributed by atoms with Crippen LogP contribution in [0.4, 0.5) is 5.69 Å². The first-order valence-corrected chi connectivity index (χ1v) is 8.90. The zero-order chi connectivity index (χ0) is 16.5.